The highest BCUT2D eigenvalue weighted by Crippen LogP contribution is 2.18. The zero-order chi connectivity index (χ0) is 13.9. The molecule has 1 aliphatic rings. The highest BCUT2D eigenvalue weighted by molar-refractivity contribution is 5.67. The van der Waals surface area contributed by atoms with E-state index in [2.05, 4.69) is 30.0 Å². The van der Waals surface area contributed by atoms with Crippen LogP contribution in [0.15, 0.2) is 0 Å². The molecule has 0 bridgehead atoms. The van der Waals surface area contributed by atoms with Gasteiger partial charge in [0.25, 0.3) is 0 Å². The van der Waals surface area contributed by atoms with Crippen LogP contribution in [0.4, 0.5) is 4.79 Å². The van der Waals surface area contributed by atoms with Crippen LogP contribution in [-0.4, -0.2) is 30.4 Å². The highest BCUT2D eigenvalue weighted by atomic mass is 16.6. The Morgan fingerprint density at radius 1 is 1.44 bits per heavy atom. The monoisotopic (exact) mass is 258 g/mol. The van der Waals surface area contributed by atoms with Crippen LogP contribution < -0.4 is 21.9 Å². The van der Waals surface area contributed by atoms with Gasteiger partial charge in [0.05, 0.1) is 6.17 Å². The zero-order valence-corrected chi connectivity index (χ0v) is 11.9. The fourth-order valence-electron chi connectivity index (χ4n) is 2.02. The summed E-state index contributed by atoms with van der Waals surface area (Å²) in [6.07, 6.45) is -0.420. The van der Waals surface area contributed by atoms with E-state index in [1.54, 1.807) is 0 Å². The molecule has 4 atom stereocenters. The smallest absolute Gasteiger partial charge is 0.407 e. The van der Waals surface area contributed by atoms with Crippen molar-refractivity contribution in [1.82, 2.24) is 16.2 Å². The van der Waals surface area contributed by atoms with Gasteiger partial charge in [-0.1, -0.05) is 13.8 Å². The lowest BCUT2D eigenvalue weighted by molar-refractivity contribution is 0.0516. The van der Waals surface area contributed by atoms with Crippen LogP contribution in [0, 0.1) is 11.8 Å². The van der Waals surface area contributed by atoms with Crippen LogP contribution in [0.25, 0.3) is 0 Å². The van der Waals surface area contributed by atoms with Gasteiger partial charge >= 0.3 is 6.09 Å². The van der Waals surface area contributed by atoms with Gasteiger partial charge in [-0.2, -0.15) is 0 Å². The molecule has 106 valence electrons. The molecule has 1 heterocycles. The van der Waals surface area contributed by atoms with Crippen molar-refractivity contribution in [3.63, 3.8) is 0 Å². The summed E-state index contributed by atoms with van der Waals surface area (Å²) in [7, 11) is 0. The molecule has 5 N–H and O–H groups in total. The lowest BCUT2D eigenvalue weighted by atomic mass is 9.91. The second-order valence-corrected chi connectivity index (χ2v) is 6.06. The van der Waals surface area contributed by atoms with E-state index >= 15 is 0 Å². The maximum atomic E-state index is 11.5. The molecule has 18 heavy (non-hydrogen) atoms. The van der Waals surface area contributed by atoms with E-state index in [0.717, 1.165) is 0 Å². The molecule has 1 fully saturated rings. The molecule has 1 amide bonds. The van der Waals surface area contributed by atoms with Crippen LogP contribution in [0.2, 0.25) is 0 Å². The minimum Gasteiger partial charge on any atom is -0.444 e. The standard InChI is InChI=1S/C12H26N4O2/c1-7(9-8(2)10(13)16-15-9)6-14-11(17)18-12(3,4)5/h7-10,15-16H,6,13H2,1-5H3,(H,14,17)/t7?,8-,9-,10+/m1/s1. The van der Waals surface area contributed by atoms with Gasteiger partial charge in [-0.15, -0.1) is 0 Å². The predicted molar refractivity (Wildman–Crippen MR) is 70.6 cm³/mol. The molecule has 0 aliphatic carbocycles. The molecular weight excluding hydrogens is 232 g/mol. The number of nitrogens with two attached hydrogens (primary N) is 1. The molecule has 1 aliphatic heterocycles. The number of rotatable bonds is 3. The van der Waals surface area contributed by atoms with E-state index in [1.807, 2.05) is 20.8 Å². The summed E-state index contributed by atoms with van der Waals surface area (Å²) >= 11 is 0. The Labute approximate surface area is 109 Å². The third kappa shape index (κ3) is 4.44. The first kappa shape index (κ1) is 15.2. The average molecular weight is 258 g/mol. The molecule has 6 heteroatoms. The number of hydrogen-bond donors (Lipinski definition) is 4. The summed E-state index contributed by atoms with van der Waals surface area (Å²) in [5.41, 5.74) is 11.6. The first-order valence-electron chi connectivity index (χ1n) is 6.44. The van der Waals surface area contributed by atoms with E-state index in [0.29, 0.717) is 12.5 Å². The quantitative estimate of drug-likeness (QED) is 0.593. The fourth-order valence-corrected chi connectivity index (χ4v) is 2.02. The van der Waals surface area contributed by atoms with Crippen molar-refractivity contribution in [3.05, 3.63) is 0 Å². The van der Waals surface area contributed by atoms with Crippen molar-refractivity contribution in [2.24, 2.45) is 17.6 Å². The minimum absolute atomic E-state index is 0.0426. The number of hydrogen-bond acceptors (Lipinski definition) is 5. The van der Waals surface area contributed by atoms with Crippen molar-refractivity contribution in [2.45, 2.75) is 52.4 Å². The molecular formula is C12H26N4O2. The topological polar surface area (TPSA) is 88.4 Å². The number of nitrogens with one attached hydrogen (secondary N) is 3. The zero-order valence-electron chi connectivity index (χ0n) is 11.9. The van der Waals surface area contributed by atoms with Gasteiger partial charge in [-0.25, -0.2) is 10.2 Å². The van der Waals surface area contributed by atoms with Crippen LogP contribution >= 0.6 is 0 Å². The third-order valence-electron chi connectivity index (χ3n) is 3.13. The first-order valence-corrected chi connectivity index (χ1v) is 6.44. The van der Waals surface area contributed by atoms with E-state index in [9.17, 15) is 4.79 Å². The molecule has 0 aromatic carbocycles. The Morgan fingerprint density at radius 3 is 2.50 bits per heavy atom. The van der Waals surface area contributed by atoms with Crippen LogP contribution in [-0.2, 0) is 4.74 Å². The van der Waals surface area contributed by atoms with E-state index in [4.69, 9.17) is 10.5 Å². The lowest BCUT2D eigenvalue weighted by Crippen LogP contribution is -2.43. The van der Waals surface area contributed by atoms with E-state index in [-0.39, 0.29) is 24.2 Å². The molecule has 1 saturated heterocycles. The molecule has 6 nitrogen and oxygen atoms in total. The van der Waals surface area contributed by atoms with E-state index in [1.165, 1.54) is 0 Å². The van der Waals surface area contributed by atoms with Gasteiger partial charge in [0, 0.05) is 18.5 Å². The number of alkyl carbamates (subject to hydrolysis) is 1. The summed E-state index contributed by atoms with van der Waals surface area (Å²) in [6, 6.07) is 0.245. The molecule has 0 spiro atoms. The highest BCUT2D eigenvalue weighted by Gasteiger charge is 2.33. The number of carbonyl (C=O) groups excluding carboxylic acids is 1. The normalized spacial score (nSPS) is 30.0. The van der Waals surface area contributed by atoms with Crippen molar-refractivity contribution in [2.75, 3.05) is 6.54 Å². The molecule has 1 rings (SSSR count). The van der Waals surface area contributed by atoms with Crippen molar-refractivity contribution < 1.29 is 9.53 Å². The predicted octanol–water partition coefficient (Wildman–Crippen LogP) is 0.545. The molecule has 0 radical (unpaired) electrons. The Hall–Kier alpha value is -0.850. The Morgan fingerprint density at radius 2 is 2.06 bits per heavy atom. The Balaban J connectivity index is 2.33. The third-order valence-corrected chi connectivity index (χ3v) is 3.13. The fraction of sp³-hybridized carbons (Fsp3) is 0.917. The summed E-state index contributed by atoms with van der Waals surface area (Å²) in [6.45, 7) is 10.3. The van der Waals surface area contributed by atoms with Crippen LogP contribution in [0.5, 0.6) is 0 Å². The average Bonchev–Trinajstić information content (AvgIpc) is 2.54. The second kappa shape index (κ2) is 5.86. The molecule has 0 aromatic rings. The SMILES string of the molecule is CC(CNC(=O)OC(C)(C)C)[C@H]1NN[C@H](N)[C@@H]1C. The largest absolute Gasteiger partial charge is 0.444 e. The minimum atomic E-state index is -0.462. The van der Waals surface area contributed by atoms with Crippen molar-refractivity contribution in [1.29, 1.82) is 0 Å². The number of carbonyl (C=O) groups is 1. The van der Waals surface area contributed by atoms with Crippen molar-refractivity contribution in [3.8, 4) is 0 Å². The second-order valence-electron chi connectivity index (χ2n) is 6.06. The maximum absolute atomic E-state index is 11.5. The van der Waals surface area contributed by atoms with Gasteiger partial charge in [0.2, 0.25) is 0 Å². The molecule has 0 saturated carbocycles. The first-order chi connectivity index (χ1) is 8.20. The van der Waals surface area contributed by atoms with Gasteiger partial charge in [0.1, 0.15) is 5.60 Å². The summed E-state index contributed by atoms with van der Waals surface area (Å²) in [5, 5.41) is 2.78. The van der Waals surface area contributed by atoms with Gasteiger partial charge in [0.15, 0.2) is 0 Å². The Kier molecular flexibility index (Phi) is 4.95. The number of ether oxygens (including phenoxy) is 1. The summed E-state index contributed by atoms with van der Waals surface area (Å²) < 4.78 is 5.19. The molecule has 0 aromatic heterocycles. The van der Waals surface area contributed by atoms with Crippen LogP contribution in [0.1, 0.15) is 34.6 Å². The number of amides is 1. The maximum Gasteiger partial charge on any atom is 0.407 e. The van der Waals surface area contributed by atoms with E-state index < -0.39 is 5.60 Å². The summed E-state index contributed by atoms with van der Waals surface area (Å²) in [5.74, 6) is 0.592. The Bertz CT molecular complexity index is 290. The van der Waals surface area contributed by atoms with Gasteiger partial charge in [-0.05, 0) is 26.7 Å². The number of hydrazine groups is 1. The van der Waals surface area contributed by atoms with Gasteiger partial charge < -0.3 is 15.8 Å². The summed E-state index contributed by atoms with van der Waals surface area (Å²) in [4.78, 5) is 11.5. The van der Waals surface area contributed by atoms with Gasteiger partial charge in [-0.3, -0.25) is 5.43 Å². The molecule has 1 unspecified atom stereocenters. The van der Waals surface area contributed by atoms with Crippen molar-refractivity contribution >= 4 is 6.09 Å². The lowest BCUT2D eigenvalue weighted by Gasteiger charge is -2.25. The van der Waals surface area contributed by atoms with Crippen LogP contribution in [0.3, 0.4) is 0 Å².